The molecule has 22 heavy (non-hydrogen) atoms. The fourth-order valence-electron chi connectivity index (χ4n) is 2.65. The quantitative estimate of drug-likeness (QED) is 0.792. The van der Waals surface area contributed by atoms with E-state index in [4.69, 9.17) is 23.2 Å². The van der Waals surface area contributed by atoms with Crippen molar-refractivity contribution < 1.29 is 9.59 Å². The maximum absolute atomic E-state index is 12.5. The van der Waals surface area contributed by atoms with Gasteiger partial charge in [0.1, 0.15) is 0 Å². The first kappa shape index (κ1) is 15.1. The molecular weight excluding hydrogens is 321 g/mol. The number of imide groups is 1. The first-order valence-electron chi connectivity index (χ1n) is 6.91. The summed E-state index contributed by atoms with van der Waals surface area (Å²) < 4.78 is 0. The van der Waals surface area contributed by atoms with Gasteiger partial charge in [0.2, 0.25) is 11.8 Å². The fourth-order valence-corrected chi connectivity index (χ4v) is 2.96. The van der Waals surface area contributed by atoms with Gasteiger partial charge < -0.3 is 0 Å². The third kappa shape index (κ3) is 3.01. The minimum absolute atomic E-state index is 0.179. The van der Waals surface area contributed by atoms with Gasteiger partial charge in [-0.15, -0.1) is 0 Å². The van der Waals surface area contributed by atoms with Gasteiger partial charge in [0, 0.05) is 16.5 Å². The van der Waals surface area contributed by atoms with Crippen molar-refractivity contribution in [2.75, 3.05) is 4.90 Å². The summed E-state index contributed by atoms with van der Waals surface area (Å²) >= 11 is 11.8. The SMILES string of the molecule is O=C1CC(Cc2ccc(Cl)cc2)C(=O)N1c1cccc(Cl)c1. The molecule has 0 spiro atoms. The number of anilines is 1. The molecular formula is C17H13Cl2NO2. The number of carbonyl (C=O) groups is 2. The molecule has 1 saturated heterocycles. The summed E-state index contributed by atoms with van der Waals surface area (Å²) in [6, 6.07) is 14.1. The van der Waals surface area contributed by atoms with Crippen LogP contribution in [0.5, 0.6) is 0 Å². The van der Waals surface area contributed by atoms with Crippen molar-refractivity contribution in [2.24, 2.45) is 5.92 Å². The topological polar surface area (TPSA) is 37.4 Å². The van der Waals surface area contributed by atoms with Crippen LogP contribution in [0.15, 0.2) is 48.5 Å². The molecule has 1 fully saturated rings. The van der Waals surface area contributed by atoms with Gasteiger partial charge in [-0.25, -0.2) is 0 Å². The fraction of sp³-hybridized carbons (Fsp3) is 0.176. The van der Waals surface area contributed by atoms with Crippen LogP contribution < -0.4 is 4.90 Å². The number of nitrogens with zero attached hydrogens (tertiary/aromatic N) is 1. The molecule has 1 atom stereocenters. The smallest absolute Gasteiger partial charge is 0.237 e. The van der Waals surface area contributed by atoms with Crippen LogP contribution in [0, 0.1) is 5.92 Å². The molecule has 0 bridgehead atoms. The Balaban J connectivity index is 1.81. The van der Waals surface area contributed by atoms with Crippen molar-refractivity contribution in [3.63, 3.8) is 0 Å². The van der Waals surface area contributed by atoms with E-state index in [2.05, 4.69) is 0 Å². The number of halogens is 2. The lowest BCUT2D eigenvalue weighted by Crippen LogP contribution is -2.30. The van der Waals surface area contributed by atoms with E-state index in [1.807, 2.05) is 12.1 Å². The van der Waals surface area contributed by atoms with E-state index in [0.717, 1.165) is 5.56 Å². The largest absolute Gasteiger partial charge is 0.274 e. The molecule has 0 N–H and O–H groups in total. The molecule has 1 unspecified atom stereocenters. The van der Waals surface area contributed by atoms with E-state index in [1.165, 1.54) is 4.90 Å². The average Bonchev–Trinajstić information content (AvgIpc) is 2.76. The summed E-state index contributed by atoms with van der Waals surface area (Å²) in [5.41, 5.74) is 1.52. The molecule has 5 heteroatoms. The van der Waals surface area contributed by atoms with Gasteiger partial charge in [0.05, 0.1) is 11.6 Å². The Labute approximate surface area is 138 Å². The first-order valence-corrected chi connectivity index (χ1v) is 7.67. The molecule has 1 aliphatic rings. The summed E-state index contributed by atoms with van der Waals surface area (Å²) in [7, 11) is 0. The predicted octanol–water partition coefficient (Wildman–Crippen LogP) is 4.12. The third-order valence-corrected chi connectivity index (χ3v) is 4.19. The molecule has 2 amide bonds. The number of rotatable bonds is 3. The minimum atomic E-state index is -0.340. The molecule has 0 radical (unpaired) electrons. The highest BCUT2D eigenvalue weighted by atomic mass is 35.5. The van der Waals surface area contributed by atoms with Gasteiger partial charge >= 0.3 is 0 Å². The van der Waals surface area contributed by atoms with Gasteiger partial charge in [-0.05, 0) is 42.3 Å². The predicted molar refractivity (Wildman–Crippen MR) is 87.2 cm³/mol. The van der Waals surface area contributed by atoms with E-state index >= 15 is 0 Å². The molecule has 1 heterocycles. The Morgan fingerprint density at radius 3 is 2.41 bits per heavy atom. The monoisotopic (exact) mass is 333 g/mol. The van der Waals surface area contributed by atoms with Crippen molar-refractivity contribution in [1.29, 1.82) is 0 Å². The minimum Gasteiger partial charge on any atom is -0.274 e. The molecule has 0 aromatic heterocycles. The molecule has 2 aromatic carbocycles. The Kier molecular flexibility index (Phi) is 4.19. The lowest BCUT2D eigenvalue weighted by molar-refractivity contribution is -0.122. The maximum Gasteiger partial charge on any atom is 0.237 e. The summed E-state index contributed by atoms with van der Waals surface area (Å²) in [5, 5.41) is 1.15. The number of hydrogen-bond donors (Lipinski definition) is 0. The highest BCUT2D eigenvalue weighted by Crippen LogP contribution is 2.30. The molecule has 0 aliphatic carbocycles. The third-order valence-electron chi connectivity index (χ3n) is 3.70. The Morgan fingerprint density at radius 2 is 1.73 bits per heavy atom. The highest BCUT2D eigenvalue weighted by molar-refractivity contribution is 6.31. The summed E-state index contributed by atoms with van der Waals surface area (Å²) in [6.07, 6.45) is 0.743. The summed E-state index contributed by atoms with van der Waals surface area (Å²) in [5.74, 6) is -0.707. The maximum atomic E-state index is 12.5. The van der Waals surface area contributed by atoms with Crippen LogP contribution in [0.25, 0.3) is 0 Å². The Hall–Kier alpha value is -1.84. The second-order valence-electron chi connectivity index (χ2n) is 5.28. The number of amides is 2. The zero-order valence-electron chi connectivity index (χ0n) is 11.6. The standard InChI is InChI=1S/C17H13Cl2NO2/c18-13-6-4-11(5-7-13)8-12-9-16(21)20(17(12)22)15-3-1-2-14(19)10-15/h1-7,10,12H,8-9H2. The molecule has 112 valence electrons. The lowest BCUT2D eigenvalue weighted by Gasteiger charge is -2.15. The number of benzene rings is 2. The van der Waals surface area contributed by atoms with Gasteiger partial charge in [0.15, 0.2) is 0 Å². The zero-order chi connectivity index (χ0) is 15.7. The van der Waals surface area contributed by atoms with E-state index in [-0.39, 0.29) is 24.2 Å². The van der Waals surface area contributed by atoms with Crippen molar-refractivity contribution in [3.8, 4) is 0 Å². The van der Waals surface area contributed by atoms with E-state index in [9.17, 15) is 9.59 Å². The summed E-state index contributed by atoms with van der Waals surface area (Å²) in [6.45, 7) is 0. The first-order chi connectivity index (χ1) is 10.5. The molecule has 3 rings (SSSR count). The van der Waals surface area contributed by atoms with Crippen LogP contribution in [-0.2, 0) is 16.0 Å². The van der Waals surface area contributed by atoms with Crippen LogP contribution in [-0.4, -0.2) is 11.8 Å². The summed E-state index contributed by atoms with van der Waals surface area (Å²) in [4.78, 5) is 26.0. The molecule has 0 saturated carbocycles. The second-order valence-corrected chi connectivity index (χ2v) is 6.15. The van der Waals surface area contributed by atoms with Crippen LogP contribution in [0.3, 0.4) is 0 Å². The number of hydrogen-bond acceptors (Lipinski definition) is 2. The molecule has 3 nitrogen and oxygen atoms in total. The van der Waals surface area contributed by atoms with Gasteiger partial charge in [0.25, 0.3) is 0 Å². The Morgan fingerprint density at radius 1 is 1.00 bits per heavy atom. The van der Waals surface area contributed by atoms with Gasteiger partial charge in [-0.2, -0.15) is 0 Å². The van der Waals surface area contributed by atoms with E-state index < -0.39 is 0 Å². The van der Waals surface area contributed by atoms with E-state index in [1.54, 1.807) is 36.4 Å². The van der Waals surface area contributed by atoms with Crippen molar-refractivity contribution in [2.45, 2.75) is 12.8 Å². The normalized spacial score (nSPS) is 18.1. The van der Waals surface area contributed by atoms with Gasteiger partial charge in [-0.1, -0.05) is 41.4 Å². The van der Waals surface area contributed by atoms with E-state index in [0.29, 0.717) is 22.2 Å². The lowest BCUT2D eigenvalue weighted by atomic mass is 9.98. The van der Waals surface area contributed by atoms with Crippen molar-refractivity contribution in [3.05, 3.63) is 64.1 Å². The molecule has 1 aliphatic heterocycles. The average molecular weight is 334 g/mol. The van der Waals surface area contributed by atoms with Crippen LogP contribution in [0.4, 0.5) is 5.69 Å². The van der Waals surface area contributed by atoms with Crippen LogP contribution in [0.1, 0.15) is 12.0 Å². The van der Waals surface area contributed by atoms with Crippen molar-refractivity contribution in [1.82, 2.24) is 0 Å². The Bertz CT molecular complexity index is 728. The molecule has 2 aromatic rings. The van der Waals surface area contributed by atoms with Crippen LogP contribution >= 0.6 is 23.2 Å². The van der Waals surface area contributed by atoms with Crippen LogP contribution in [0.2, 0.25) is 10.0 Å². The van der Waals surface area contributed by atoms with Gasteiger partial charge in [-0.3, -0.25) is 14.5 Å². The van der Waals surface area contributed by atoms with Crippen molar-refractivity contribution >= 4 is 40.7 Å². The number of carbonyl (C=O) groups excluding carboxylic acids is 2. The second kappa shape index (κ2) is 6.11. The highest BCUT2D eigenvalue weighted by Gasteiger charge is 2.39. The zero-order valence-corrected chi connectivity index (χ0v) is 13.1.